The Morgan fingerprint density at radius 2 is 1.03 bits per heavy atom. The third-order valence-electron chi connectivity index (χ3n) is 7.95. The molecular formula is C20H37N3O33S6. The Hall–Kier alpha value is -1.71. The van der Waals surface area contributed by atoms with E-state index in [1.165, 1.54) is 14.2 Å². The average Bonchev–Trinajstić information content (AvgIpc) is 3.07. The lowest BCUT2D eigenvalue weighted by Gasteiger charge is -2.48. The van der Waals surface area contributed by atoms with Crippen LogP contribution in [0, 0.1) is 0 Å². The largest absolute Gasteiger partial charge is 0.479 e. The van der Waals surface area contributed by atoms with Crippen LogP contribution in [-0.4, -0.2) is 228 Å². The van der Waals surface area contributed by atoms with Crippen LogP contribution < -0.4 is 14.2 Å². The van der Waals surface area contributed by atoms with Crippen LogP contribution in [0.2, 0.25) is 0 Å². The second kappa shape index (κ2) is 20.9. The van der Waals surface area contributed by atoms with E-state index in [0.717, 1.165) is 0 Å². The Morgan fingerprint density at radius 1 is 0.532 bits per heavy atom. The van der Waals surface area contributed by atoms with Crippen LogP contribution in [0.5, 0.6) is 0 Å². The molecule has 0 saturated carbocycles. The lowest BCUT2D eigenvalue weighted by Crippen LogP contribution is -2.70. The third-order valence-corrected chi connectivity index (χ3v) is 11.0. The molecule has 3 aliphatic rings. The van der Waals surface area contributed by atoms with Crippen LogP contribution in [0.15, 0.2) is 0 Å². The number of aliphatic hydroxyl groups excluding tert-OH is 4. The van der Waals surface area contributed by atoms with E-state index < -0.39 is 186 Å². The molecule has 0 aliphatic carbocycles. The van der Waals surface area contributed by atoms with Gasteiger partial charge in [0.1, 0.15) is 67.0 Å². The zero-order valence-electron chi connectivity index (χ0n) is 29.8. The molecule has 15 atom stereocenters. The highest BCUT2D eigenvalue weighted by Crippen LogP contribution is 2.35. The first-order valence-corrected chi connectivity index (χ1v) is 24.3. The highest BCUT2D eigenvalue weighted by Gasteiger charge is 2.57. The molecule has 0 radical (unpaired) electrons. The predicted molar refractivity (Wildman–Crippen MR) is 181 cm³/mol. The number of aliphatic carboxylic acids is 1. The van der Waals surface area contributed by atoms with Crippen molar-refractivity contribution < 1.29 is 149 Å². The van der Waals surface area contributed by atoms with Crippen molar-refractivity contribution in [2.45, 2.75) is 92.0 Å². The highest BCUT2D eigenvalue weighted by molar-refractivity contribution is 7.84. The van der Waals surface area contributed by atoms with E-state index in [2.05, 4.69) is 12.5 Å². The molecule has 62 heavy (non-hydrogen) atoms. The van der Waals surface area contributed by atoms with Gasteiger partial charge < -0.3 is 54.0 Å². The minimum atomic E-state index is -5.92. The number of hydrogen-bond donors (Lipinski definition) is 14. The minimum absolute atomic E-state index is 0.899. The van der Waals surface area contributed by atoms with Crippen molar-refractivity contribution in [3.05, 3.63) is 0 Å². The van der Waals surface area contributed by atoms with Gasteiger partial charge in [0.25, 0.3) is 0 Å². The van der Waals surface area contributed by atoms with Crippen molar-refractivity contribution in [1.29, 1.82) is 0 Å². The van der Waals surface area contributed by atoms with Crippen LogP contribution in [0.25, 0.3) is 0 Å². The normalized spacial score (nSPS) is 35.7. The highest BCUT2D eigenvalue weighted by atomic mass is 32.3. The van der Waals surface area contributed by atoms with E-state index in [0.29, 0.717) is 0 Å². The van der Waals surface area contributed by atoms with Crippen molar-refractivity contribution in [1.82, 2.24) is 14.2 Å². The quantitative estimate of drug-likeness (QED) is 0.0354. The number of carboxylic acid groups (broad SMARTS) is 1. The maximum atomic E-state index is 12.5. The molecule has 14 N–H and O–H groups in total. The maximum Gasteiger partial charge on any atom is 0.397 e. The van der Waals surface area contributed by atoms with E-state index >= 15 is 0 Å². The van der Waals surface area contributed by atoms with Gasteiger partial charge in [-0.2, -0.15) is 64.7 Å². The summed E-state index contributed by atoms with van der Waals surface area (Å²) in [7, 11) is -32.7. The molecule has 0 aromatic heterocycles. The van der Waals surface area contributed by atoms with Gasteiger partial charge in [0.15, 0.2) is 25.0 Å². The fourth-order valence-corrected chi connectivity index (χ4v) is 8.29. The molecule has 3 aliphatic heterocycles. The van der Waals surface area contributed by atoms with Crippen molar-refractivity contribution in [3.8, 4) is 0 Å². The summed E-state index contributed by atoms with van der Waals surface area (Å²) in [5, 5.41) is 53.2. The van der Waals surface area contributed by atoms with Crippen molar-refractivity contribution in [2.24, 2.45) is 0 Å². The average molecular weight is 1040 g/mol. The topological polar surface area (TPSA) is 564 Å². The van der Waals surface area contributed by atoms with E-state index in [4.69, 9.17) is 37.5 Å². The van der Waals surface area contributed by atoms with E-state index in [9.17, 15) is 99.0 Å². The summed E-state index contributed by atoms with van der Waals surface area (Å²) in [6.45, 7) is -4.88. The monoisotopic (exact) mass is 1040 g/mol. The molecule has 0 amide bonds. The zero-order chi connectivity index (χ0) is 47.6. The lowest BCUT2D eigenvalue weighted by atomic mass is 9.95. The van der Waals surface area contributed by atoms with E-state index in [1.807, 2.05) is 0 Å². The molecule has 42 heteroatoms. The number of aliphatic hydroxyl groups is 4. The Bertz CT molecular complexity index is 2220. The molecule has 0 unspecified atom stereocenters. The number of ether oxygens (including phenoxy) is 6. The second-order valence-electron chi connectivity index (χ2n) is 12.4. The number of hydrogen-bond acceptors (Lipinski definition) is 26. The van der Waals surface area contributed by atoms with E-state index in [-0.39, 0.29) is 0 Å². The number of rotatable bonds is 22. The SMILES string of the molecule is O=C(O)[C@H]1O[C@@H](O[C@H]2[C@H](OS(=O)(=O)O)[C@@H](NS(=O)(=O)O)[C@@H](OCCNS(=O)(=O)O)O[C@@H]2COS(=O)(=O)O)[C@H](O)[C@@H](O)[C@@H]1O[C@H]1O[C@H](COS(=O)(=O)O)[C@@H](O)[C@H](O)[C@H]1NS(=O)(=O)O. The van der Waals surface area contributed by atoms with Gasteiger partial charge in [-0.25, -0.2) is 17.3 Å². The third kappa shape index (κ3) is 17.3. The van der Waals surface area contributed by atoms with Crippen molar-refractivity contribution in [2.75, 3.05) is 26.4 Å². The van der Waals surface area contributed by atoms with Gasteiger partial charge in [0.05, 0.1) is 19.8 Å². The summed E-state index contributed by atoms with van der Waals surface area (Å²) < 4.78 is 242. The van der Waals surface area contributed by atoms with Crippen LogP contribution >= 0.6 is 0 Å². The maximum absolute atomic E-state index is 12.5. The molecule has 0 aromatic carbocycles. The Balaban J connectivity index is 2.07. The molecule has 0 spiro atoms. The molecular weight excluding hydrogens is 1000 g/mol. The summed E-state index contributed by atoms with van der Waals surface area (Å²) in [6.07, 6.45) is -33.7. The van der Waals surface area contributed by atoms with Crippen LogP contribution in [0.1, 0.15) is 0 Å². The fraction of sp³-hybridized carbons (Fsp3) is 0.950. The summed E-state index contributed by atoms with van der Waals surface area (Å²) in [4.78, 5) is 12.5. The van der Waals surface area contributed by atoms with Gasteiger partial charge in [-0.3, -0.25) is 27.3 Å². The van der Waals surface area contributed by atoms with Gasteiger partial charge in [-0.1, -0.05) is 0 Å². The van der Waals surface area contributed by atoms with Gasteiger partial charge in [-0.15, -0.1) is 0 Å². The van der Waals surface area contributed by atoms with Gasteiger partial charge >= 0.3 is 68.1 Å². The second-order valence-corrected chi connectivity index (χ2v) is 19.2. The number of carbonyl (C=O) groups is 1. The molecule has 0 aromatic rings. The predicted octanol–water partition coefficient (Wildman–Crippen LogP) is -9.78. The van der Waals surface area contributed by atoms with Gasteiger partial charge in [0.2, 0.25) is 0 Å². The molecule has 3 saturated heterocycles. The smallest absolute Gasteiger partial charge is 0.397 e. The lowest BCUT2D eigenvalue weighted by molar-refractivity contribution is -0.360. The standard InChI is InChI=1S/C20H37N3O33S6/c24-9-5(3-49-60(39,40)41)51-19(7(10(9)25)22-58(33,34)35)54-15-11(26)12(27)20(55-16(15)17(28)29)53-13-6(4-50-61(42,43)44)52-18(48-2-1-21-57(30,31)32)8(23-59(36,37)38)14(13)56-62(45,46)47/h5-16,18-27H,1-4H2,(H,28,29)(H,30,31,32)(H,33,34,35)(H,36,37,38)(H,39,40,41)(H,42,43,44)(H,45,46,47)/t5-,6-,7-,8-,9-,10-,11-,12-,13-,14-,15+,16+,18+,19-,20-/m1/s1. The first kappa shape index (κ1) is 54.6. The minimum Gasteiger partial charge on any atom is -0.479 e. The van der Waals surface area contributed by atoms with Crippen LogP contribution in [0.3, 0.4) is 0 Å². The molecule has 366 valence electrons. The van der Waals surface area contributed by atoms with Crippen molar-refractivity contribution >= 4 is 68.1 Å². The number of nitrogens with one attached hydrogen (secondary N) is 3. The molecule has 3 heterocycles. The fourth-order valence-electron chi connectivity index (χ4n) is 5.64. The molecule has 36 nitrogen and oxygen atoms in total. The summed E-state index contributed by atoms with van der Waals surface area (Å²) in [5.41, 5.74) is 0. The summed E-state index contributed by atoms with van der Waals surface area (Å²) in [6, 6.07) is -5.03. The number of carboxylic acids is 1. The first-order valence-electron chi connectivity index (χ1n) is 15.9. The summed E-state index contributed by atoms with van der Waals surface area (Å²) >= 11 is 0. The van der Waals surface area contributed by atoms with E-state index in [1.54, 1.807) is 0 Å². The molecule has 0 bridgehead atoms. The van der Waals surface area contributed by atoms with Crippen LogP contribution in [0.4, 0.5) is 0 Å². The molecule has 3 rings (SSSR count). The Morgan fingerprint density at radius 3 is 1.52 bits per heavy atom. The molecule has 3 fully saturated rings. The van der Waals surface area contributed by atoms with Crippen molar-refractivity contribution in [3.63, 3.8) is 0 Å². The summed E-state index contributed by atoms with van der Waals surface area (Å²) in [5.74, 6) is -2.23. The van der Waals surface area contributed by atoms with Gasteiger partial charge in [0, 0.05) is 6.54 Å². The Labute approximate surface area is 348 Å². The first-order chi connectivity index (χ1) is 28.0. The van der Waals surface area contributed by atoms with Gasteiger partial charge in [-0.05, 0) is 0 Å². The van der Waals surface area contributed by atoms with Crippen LogP contribution in [-0.2, 0) is 108 Å². The zero-order valence-corrected chi connectivity index (χ0v) is 34.7. The Kier molecular flexibility index (Phi) is 18.4.